The van der Waals surface area contributed by atoms with Gasteiger partial charge in [-0.15, -0.1) is 0 Å². The van der Waals surface area contributed by atoms with Crippen molar-refractivity contribution in [1.29, 1.82) is 0 Å². The highest BCUT2D eigenvalue weighted by molar-refractivity contribution is 6.00. The third-order valence-corrected chi connectivity index (χ3v) is 6.92. The van der Waals surface area contributed by atoms with Crippen LogP contribution in [-0.4, -0.2) is 62.4 Å². The van der Waals surface area contributed by atoms with E-state index in [1.165, 1.54) is 6.33 Å². The van der Waals surface area contributed by atoms with Crippen LogP contribution in [0.4, 0.5) is 10.6 Å². The summed E-state index contributed by atoms with van der Waals surface area (Å²) in [5.41, 5.74) is 9.08. The minimum Gasteiger partial charge on any atom is -0.497 e. The van der Waals surface area contributed by atoms with E-state index in [9.17, 15) is 9.59 Å². The molecule has 1 atom stereocenters. The number of piperidine rings is 1. The second-order valence-electron chi connectivity index (χ2n) is 11.1. The van der Waals surface area contributed by atoms with Crippen LogP contribution in [0.3, 0.4) is 0 Å². The predicted octanol–water partition coefficient (Wildman–Crippen LogP) is 4.59. The summed E-state index contributed by atoms with van der Waals surface area (Å²) in [6, 6.07) is 14.6. The van der Waals surface area contributed by atoms with E-state index >= 15 is 0 Å². The van der Waals surface area contributed by atoms with Gasteiger partial charge in [-0.2, -0.15) is 5.10 Å². The summed E-state index contributed by atoms with van der Waals surface area (Å²) in [5, 5.41) is 8.51. The van der Waals surface area contributed by atoms with Crippen LogP contribution < -0.4 is 15.8 Å². The summed E-state index contributed by atoms with van der Waals surface area (Å²) in [6.07, 6.45) is 2.68. The molecule has 0 saturated carbocycles. The Kier molecular flexibility index (Phi) is 7.78. The predicted molar refractivity (Wildman–Crippen MR) is 155 cm³/mol. The van der Waals surface area contributed by atoms with Gasteiger partial charge in [0.1, 0.15) is 29.2 Å². The molecular formula is C30H35N7O4. The van der Waals surface area contributed by atoms with Gasteiger partial charge in [0.25, 0.3) is 5.91 Å². The molecule has 4 aromatic rings. The molecule has 11 heteroatoms. The topological polar surface area (TPSA) is 137 Å². The Morgan fingerprint density at radius 2 is 1.90 bits per heavy atom. The van der Waals surface area contributed by atoms with Crippen molar-refractivity contribution >= 4 is 28.9 Å². The molecular weight excluding hydrogens is 522 g/mol. The molecule has 11 nitrogen and oxygen atoms in total. The van der Waals surface area contributed by atoms with E-state index in [2.05, 4.69) is 15.3 Å². The van der Waals surface area contributed by atoms with Crippen LogP contribution in [0.15, 0.2) is 54.9 Å². The summed E-state index contributed by atoms with van der Waals surface area (Å²) in [6.45, 7) is 6.98. The molecule has 2 amide bonds. The molecule has 5 rings (SSSR count). The Bertz CT molecular complexity index is 1560. The first-order valence-electron chi connectivity index (χ1n) is 13.6. The van der Waals surface area contributed by atoms with Gasteiger partial charge < -0.3 is 25.4 Å². The first-order valence-corrected chi connectivity index (χ1v) is 13.6. The first kappa shape index (κ1) is 27.9. The molecule has 3 N–H and O–H groups in total. The number of hydrogen-bond donors (Lipinski definition) is 2. The molecule has 41 heavy (non-hydrogen) atoms. The van der Waals surface area contributed by atoms with E-state index in [-0.39, 0.29) is 18.0 Å². The molecule has 1 aliphatic rings. The number of hydrogen-bond acceptors (Lipinski definition) is 8. The summed E-state index contributed by atoms with van der Waals surface area (Å²) in [4.78, 5) is 36.3. The van der Waals surface area contributed by atoms with Crippen LogP contribution in [0, 0.1) is 0 Å². The number of nitrogen functional groups attached to an aromatic ring is 1. The number of anilines is 1. The lowest BCUT2D eigenvalue weighted by atomic mass is 10.1. The van der Waals surface area contributed by atoms with Crippen molar-refractivity contribution in [1.82, 2.24) is 30.0 Å². The standard InChI is InChI=1S/C30H35N7O4/c1-30(2,3)41-29(39)36-14-6-9-22(17-36)37-27-24(26(31)33-18-34-27)25(35-37)20-7-5-8-21(15-20)28(38)32-16-19-10-12-23(40-4)13-11-19/h5,7-8,10-13,15,18,22H,6,9,14,16-17H2,1-4H3,(H,32,38)(H2,31,33,34)/t22-/m1/s1. The zero-order chi connectivity index (χ0) is 29.1. The summed E-state index contributed by atoms with van der Waals surface area (Å²) in [7, 11) is 1.61. The quantitative estimate of drug-likeness (QED) is 0.351. The van der Waals surface area contributed by atoms with Gasteiger partial charge in [-0.3, -0.25) is 4.79 Å². The highest BCUT2D eigenvalue weighted by Gasteiger charge is 2.31. The molecule has 214 valence electrons. The number of amides is 2. The molecule has 0 unspecified atom stereocenters. The number of nitrogens with one attached hydrogen (secondary N) is 1. The molecule has 0 bridgehead atoms. The Balaban J connectivity index is 1.41. The van der Waals surface area contributed by atoms with Crippen LogP contribution in [-0.2, 0) is 11.3 Å². The number of ether oxygens (including phenoxy) is 2. The fourth-order valence-corrected chi connectivity index (χ4v) is 4.93. The van der Waals surface area contributed by atoms with Gasteiger partial charge in [0.15, 0.2) is 5.65 Å². The van der Waals surface area contributed by atoms with Crippen LogP contribution in [0.1, 0.15) is 55.6 Å². The number of benzene rings is 2. The Labute approximate surface area is 238 Å². The van der Waals surface area contributed by atoms with Crippen LogP contribution in [0.25, 0.3) is 22.3 Å². The van der Waals surface area contributed by atoms with Crippen molar-refractivity contribution in [3.05, 3.63) is 66.0 Å². The van der Waals surface area contributed by atoms with E-state index in [0.717, 1.165) is 24.2 Å². The second kappa shape index (κ2) is 11.4. The summed E-state index contributed by atoms with van der Waals surface area (Å²) >= 11 is 0. The van der Waals surface area contributed by atoms with E-state index in [0.29, 0.717) is 53.3 Å². The maximum Gasteiger partial charge on any atom is 0.410 e. The third-order valence-electron chi connectivity index (χ3n) is 6.92. The van der Waals surface area contributed by atoms with Gasteiger partial charge in [-0.1, -0.05) is 24.3 Å². The largest absolute Gasteiger partial charge is 0.497 e. The maximum absolute atomic E-state index is 13.0. The van der Waals surface area contributed by atoms with Gasteiger partial charge >= 0.3 is 6.09 Å². The van der Waals surface area contributed by atoms with Crippen molar-refractivity contribution in [2.24, 2.45) is 0 Å². The van der Waals surface area contributed by atoms with Crippen molar-refractivity contribution in [2.75, 3.05) is 25.9 Å². The van der Waals surface area contributed by atoms with Crippen molar-refractivity contribution in [3.63, 3.8) is 0 Å². The minimum atomic E-state index is -0.580. The highest BCUT2D eigenvalue weighted by Crippen LogP contribution is 2.34. The fourth-order valence-electron chi connectivity index (χ4n) is 4.93. The van der Waals surface area contributed by atoms with Crippen molar-refractivity contribution in [2.45, 2.75) is 51.8 Å². The molecule has 3 heterocycles. The molecule has 0 spiro atoms. The van der Waals surface area contributed by atoms with Gasteiger partial charge in [0.05, 0.1) is 18.5 Å². The average molecular weight is 558 g/mol. The number of aromatic nitrogens is 4. The third kappa shape index (κ3) is 6.24. The van der Waals surface area contributed by atoms with Crippen LogP contribution >= 0.6 is 0 Å². The number of nitrogens with two attached hydrogens (primary N) is 1. The smallest absolute Gasteiger partial charge is 0.410 e. The molecule has 0 aliphatic carbocycles. The fraction of sp³-hybridized carbons (Fsp3) is 0.367. The number of methoxy groups -OCH3 is 1. The van der Waals surface area contributed by atoms with Crippen molar-refractivity contribution in [3.8, 4) is 17.0 Å². The van der Waals surface area contributed by atoms with Crippen molar-refractivity contribution < 1.29 is 19.1 Å². The monoisotopic (exact) mass is 557 g/mol. The number of carbonyl (C=O) groups excluding carboxylic acids is 2. The molecule has 2 aromatic carbocycles. The highest BCUT2D eigenvalue weighted by atomic mass is 16.6. The van der Waals surface area contributed by atoms with Crippen LogP contribution in [0.5, 0.6) is 5.75 Å². The minimum absolute atomic E-state index is 0.127. The molecule has 0 radical (unpaired) electrons. The Hall–Kier alpha value is -4.67. The SMILES string of the molecule is COc1ccc(CNC(=O)c2cccc(-c3nn([C@@H]4CCCN(C(=O)OC(C)(C)C)C4)c4ncnc(N)c34)c2)cc1. The zero-order valence-electron chi connectivity index (χ0n) is 23.8. The maximum atomic E-state index is 13.0. The number of rotatable bonds is 6. The number of carbonyl (C=O) groups is 2. The molecule has 1 aliphatic heterocycles. The molecule has 2 aromatic heterocycles. The number of likely N-dealkylation sites (tertiary alicyclic amines) is 1. The Morgan fingerprint density at radius 3 is 2.63 bits per heavy atom. The van der Waals surface area contributed by atoms with E-state index in [1.807, 2.05) is 61.9 Å². The van der Waals surface area contributed by atoms with E-state index < -0.39 is 5.60 Å². The van der Waals surface area contributed by atoms with Gasteiger partial charge in [0, 0.05) is 30.8 Å². The summed E-state index contributed by atoms with van der Waals surface area (Å²) in [5.74, 6) is 0.842. The van der Waals surface area contributed by atoms with Gasteiger partial charge in [-0.05, 0) is 63.4 Å². The normalized spacial score (nSPS) is 15.5. The second-order valence-corrected chi connectivity index (χ2v) is 11.1. The Morgan fingerprint density at radius 1 is 1.12 bits per heavy atom. The summed E-state index contributed by atoms with van der Waals surface area (Å²) < 4.78 is 12.6. The van der Waals surface area contributed by atoms with Gasteiger partial charge in [-0.25, -0.2) is 19.4 Å². The molecule has 1 fully saturated rings. The lowest BCUT2D eigenvalue weighted by Gasteiger charge is -2.34. The van der Waals surface area contributed by atoms with Crippen LogP contribution in [0.2, 0.25) is 0 Å². The van der Waals surface area contributed by atoms with Gasteiger partial charge in [0.2, 0.25) is 0 Å². The number of nitrogens with zero attached hydrogens (tertiary/aromatic N) is 5. The lowest BCUT2D eigenvalue weighted by molar-refractivity contribution is 0.0169. The zero-order valence-corrected chi connectivity index (χ0v) is 23.8. The number of fused-ring (bicyclic) bond motifs is 1. The van der Waals surface area contributed by atoms with E-state index in [1.54, 1.807) is 24.1 Å². The van der Waals surface area contributed by atoms with E-state index in [4.69, 9.17) is 20.3 Å². The average Bonchev–Trinajstić information content (AvgIpc) is 3.36. The first-order chi connectivity index (χ1) is 19.6. The molecule has 1 saturated heterocycles. The lowest BCUT2D eigenvalue weighted by Crippen LogP contribution is -2.43.